The Kier molecular flexibility index (Phi) is 4.99. The summed E-state index contributed by atoms with van der Waals surface area (Å²) in [4.78, 5) is 2.30. The number of hydrazine groups is 1. The van der Waals surface area contributed by atoms with Crippen molar-refractivity contribution >= 4 is 10.8 Å². The lowest BCUT2D eigenvalue weighted by Crippen LogP contribution is -2.54. The molecule has 0 aliphatic carbocycles. The Morgan fingerprint density at radius 2 is 1.67 bits per heavy atom. The Labute approximate surface area is 128 Å². The van der Waals surface area contributed by atoms with Crippen molar-refractivity contribution in [1.29, 1.82) is 0 Å². The van der Waals surface area contributed by atoms with Gasteiger partial charge in [-0.15, -0.1) is 0 Å². The molecule has 0 amide bonds. The highest BCUT2D eigenvalue weighted by Crippen LogP contribution is 2.36. The van der Waals surface area contributed by atoms with Gasteiger partial charge in [-0.1, -0.05) is 50.2 Å². The van der Waals surface area contributed by atoms with Crippen LogP contribution in [-0.2, 0) is 0 Å². The number of fused-ring (bicyclic) bond motifs is 1. The number of hydrogen-bond acceptors (Lipinski definition) is 3. The standard InChI is InChI=1S/C18H27N3/c1-5-18(6-2,21(3)4)17(20-19)16-12-11-14-9-7-8-10-15(14)13-16/h7-13,17,20H,5-6,19H2,1-4H3. The lowest BCUT2D eigenvalue weighted by atomic mass is 9.79. The number of nitrogens with one attached hydrogen (secondary N) is 1. The van der Waals surface area contributed by atoms with E-state index in [2.05, 4.69) is 80.7 Å². The Morgan fingerprint density at radius 3 is 2.19 bits per heavy atom. The van der Waals surface area contributed by atoms with Crippen LogP contribution < -0.4 is 11.3 Å². The molecule has 1 atom stereocenters. The Balaban J connectivity index is 2.51. The first kappa shape index (κ1) is 16.0. The Bertz CT molecular complexity index is 588. The van der Waals surface area contributed by atoms with Crippen molar-refractivity contribution in [2.75, 3.05) is 14.1 Å². The lowest BCUT2D eigenvalue weighted by molar-refractivity contribution is 0.0882. The van der Waals surface area contributed by atoms with Gasteiger partial charge in [0, 0.05) is 5.54 Å². The van der Waals surface area contributed by atoms with Crippen molar-refractivity contribution < 1.29 is 0 Å². The van der Waals surface area contributed by atoms with Gasteiger partial charge in [-0.05, 0) is 49.3 Å². The molecule has 0 aliphatic rings. The molecule has 3 N–H and O–H groups in total. The van der Waals surface area contributed by atoms with E-state index >= 15 is 0 Å². The van der Waals surface area contributed by atoms with Crippen LogP contribution in [0.1, 0.15) is 38.3 Å². The molecule has 21 heavy (non-hydrogen) atoms. The molecule has 1 unspecified atom stereocenters. The highest BCUT2D eigenvalue weighted by molar-refractivity contribution is 5.83. The third kappa shape index (κ3) is 2.82. The minimum absolute atomic E-state index is 0.0111. The number of nitrogens with two attached hydrogens (primary N) is 1. The van der Waals surface area contributed by atoms with E-state index in [9.17, 15) is 0 Å². The van der Waals surface area contributed by atoms with Crippen LogP contribution in [0.2, 0.25) is 0 Å². The number of rotatable bonds is 6. The second-order valence-corrected chi connectivity index (χ2v) is 5.91. The first-order chi connectivity index (χ1) is 10.1. The second kappa shape index (κ2) is 6.56. The van der Waals surface area contributed by atoms with Crippen LogP contribution >= 0.6 is 0 Å². The van der Waals surface area contributed by atoms with E-state index in [-0.39, 0.29) is 11.6 Å². The van der Waals surface area contributed by atoms with Crippen molar-refractivity contribution in [2.45, 2.75) is 38.3 Å². The average molecular weight is 285 g/mol. The summed E-state index contributed by atoms with van der Waals surface area (Å²) in [5.74, 6) is 5.95. The molecule has 0 saturated heterocycles. The van der Waals surface area contributed by atoms with Gasteiger partial charge in [0.1, 0.15) is 0 Å². The second-order valence-electron chi connectivity index (χ2n) is 5.91. The quantitative estimate of drug-likeness (QED) is 0.631. The van der Waals surface area contributed by atoms with Gasteiger partial charge >= 0.3 is 0 Å². The molecule has 2 aromatic rings. The molecule has 0 radical (unpaired) electrons. The predicted octanol–water partition coefficient (Wildman–Crippen LogP) is 3.46. The van der Waals surface area contributed by atoms with Crippen LogP contribution in [0.5, 0.6) is 0 Å². The molecule has 0 saturated carbocycles. The van der Waals surface area contributed by atoms with Crippen molar-refractivity contribution in [1.82, 2.24) is 10.3 Å². The highest BCUT2D eigenvalue weighted by Gasteiger charge is 2.38. The molecule has 0 aromatic heterocycles. The van der Waals surface area contributed by atoms with Gasteiger partial charge in [0.05, 0.1) is 6.04 Å². The zero-order chi connectivity index (χ0) is 15.5. The molecule has 3 heteroatoms. The summed E-state index contributed by atoms with van der Waals surface area (Å²) in [6, 6.07) is 15.2. The summed E-state index contributed by atoms with van der Waals surface area (Å²) < 4.78 is 0. The van der Waals surface area contributed by atoms with Gasteiger partial charge < -0.3 is 4.90 Å². The van der Waals surface area contributed by atoms with Crippen molar-refractivity contribution in [2.24, 2.45) is 5.84 Å². The van der Waals surface area contributed by atoms with Gasteiger partial charge in [-0.3, -0.25) is 11.3 Å². The fraction of sp³-hybridized carbons (Fsp3) is 0.444. The van der Waals surface area contributed by atoms with Crippen molar-refractivity contribution in [3.63, 3.8) is 0 Å². The third-order valence-corrected chi connectivity index (χ3v) is 4.93. The lowest BCUT2D eigenvalue weighted by Gasteiger charge is -2.45. The molecule has 0 fully saturated rings. The number of hydrogen-bond donors (Lipinski definition) is 2. The first-order valence-electron chi connectivity index (χ1n) is 7.71. The monoisotopic (exact) mass is 285 g/mol. The molecule has 2 aromatic carbocycles. The van der Waals surface area contributed by atoms with Gasteiger partial charge in [0.15, 0.2) is 0 Å². The first-order valence-corrected chi connectivity index (χ1v) is 7.71. The number of benzene rings is 2. The van der Waals surface area contributed by atoms with E-state index < -0.39 is 0 Å². The molecule has 114 valence electrons. The van der Waals surface area contributed by atoms with Crippen molar-refractivity contribution in [3.8, 4) is 0 Å². The largest absolute Gasteiger partial charge is 0.302 e. The normalized spacial score (nSPS) is 13.8. The molecule has 0 spiro atoms. The van der Waals surface area contributed by atoms with Crippen LogP contribution in [-0.4, -0.2) is 24.5 Å². The highest BCUT2D eigenvalue weighted by atomic mass is 15.3. The minimum atomic E-state index is 0.0111. The molecule has 0 heterocycles. The maximum absolute atomic E-state index is 5.95. The van der Waals surface area contributed by atoms with Crippen LogP contribution in [0.15, 0.2) is 42.5 Å². The fourth-order valence-electron chi connectivity index (χ4n) is 3.50. The Hall–Kier alpha value is -1.42. The summed E-state index contributed by atoms with van der Waals surface area (Å²) in [5, 5.41) is 2.52. The topological polar surface area (TPSA) is 41.3 Å². The molecule has 3 nitrogen and oxygen atoms in total. The molecule has 0 bridgehead atoms. The van der Waals surface area contributed by atoms with E-state index in [1.807, 2.05) is 0 Å². The zero-order valence-corrected chi connectivity index (χ0v) is 13.6. The van der Waals surface area contributed by atoms with Crippen molar-refractivity contribution in [3.05, 3.63) is 48.0 Å². The van der Waals surface area contributed by atoms with Crippen LogP contribution in [0.4, 0.5) is 0 Å². The summed E-state index contributed by atoms with van der Waals surface area (Å²) in [5.41, 5.74) is 4.32. The van der Waals surface area contributed by atoms with Crippen LogP contribution in [0.3, 0.4) is 0 Å². The van der Waals surface area contributed by atoms with Crippen LogP contribution in [0.25, 0.3) is 10.8 Å². The molecular formula is C18H27N3. The zero-order valence-electron chi connectivity index (χ0n) is 13.6. The summed E-state index contributed by atoms with van der Waals surface area (Å²) in [6.07, 6.45) is 2.08. The molecule has 2 rings (SSSR count). The van der Waals surface area contributed by atoms with E-state index in [4.69, 9.17) is 5.84 Å². The maximum atomic E-state index is 5.95. The smallest absolute Gasteiger partial charge is 0.0643 e. The molecule has 0 aliphatic heterocycles. The van der Waals surface area contributed by atoms with Gasteiger partial charge in [-0.2, -0.15) is 0 Å². The van der Waals surface area contributed by atoms with Gasteiger partial charge in [0.25, 0.3) is 0 Å². The maximum Gasteiger partial charge on any atom is 0.0643 e. The predicted molar refractivity (Wildman–Crippen MR) is 91.0 cm³/mol. The summed E-state index contributed by atoms with van der Waals surface area (Å²) in [6.45, 7) is 4.46. The van der Waals surface area contributed by atoms with Crippen LogP contribution in [0, 0.1) is 0 Å². The Morgan fingerprint density at radius 1 is 1.05 bits per heavy atom. The average Bonchev–Trinajstić information content (AvgIpc) is 2.52. The van der Waals surface area contributed by atoms with E-state index in [0.29, 0.717) is 0 Å². The third-order valence-electron chi connectivity index (χ3n) is 4.93. The summed E-state index contributed by atoms with van der Waals surface area (Å²) >= 11 is 0. The van der Waals surface area contributed by atoms with E-state index in [0.717, 1.165) is 12.8 Å². The summed E-state index contributed by atoms with van der Waals surface area (Å²) in [7, 11) is 4.27. The molecular weight excluding hydrogens is 258 g/mol. The number of nitrogens with zero attached hydrogens (tertiary/aromatic N) is 1. The minimum Gasteiger partial charge on any atom is -0.302 e. The fourth-order valence-corrected chi connectivity index (χ4v) is 3.50. The van der Waals surface area contributed by atoms with E-state index in [1.54, 1.807) is 0 Å². The van der Waals surface area contributed by atoms with Gasteiger partial charge in [0.2, 0.25) is 0 Å². The van der Waals surface area contributed by atoms with Gasteiger partial charge in [-0.25, -0.2) is 0 Å². The van der Waals surface area contributed by atoms with E-state index in [1.165, 1.54) is 16.3 Å². The number of likely N-dealkylation sites (N-methyl/N-ethyl adjacent to an activating group) is 1. The SMILES string of the molecule is CCC(CC)(C(NN)c1ccc2ccccc2c1)N(C)C.